The molecule has 4 rings (SSSR count). The van der Waals surface area contributed by atoms with Gasteiger partial charge in [-0.05, 0) is 32.0 Å². The molecule has 10 heteroatoms. The maximum absolute atomic E-state index is 12.9. The number of piperazine rings is 1. The molecule has 158 valence electrons. The quantitative estimate of drug-likeness (QED) is 0.763. The van der Waals surface area contributed by atoms with Crippen molar-refractivity contribution in [2.75, 3.05) is 43.4 Å². The zero-order valence-electron chi connectivity index (χ0n) is 16.8. The van der Waals surface area contributed by atoms with E-state index in [0.29, 0.717) is 49.0 Å². The van der Waals surface area contributed by atoms with Gasteiger partial charge in [0.25, 0.3) is 5.91 Å². The molecule has 30 heavy (non-hydrogen) atoms. The Morgan fingerprint density at radius 1 is 1.27 bits per heavy atom. The molecular weight excluding hydrogens is 406 g/mol. The average molecular weight is 430 g/mol. The van der Waals surface area contributed by atoms with Crippen LogP contribution < -0.4 is 10.6 Å². The number of thioether (sulfide) groups is 1. The van der Waals surface area contributed by atoms with Gasteiger partial charge >= 0.3 is 0 Å². The zero-order chi connectivity index (χ0) is 21.3. The number of carbonyl (C=O) groups excluding carboxylic acids is 3. The molecule has 0 aliphatic carbocycles. The summed E-state index contributed by atoms with van der Waals surface area (Å²) in [5.41, 5.74) is 1.24. The van der Waals surface area contributed by atoms with Crippen molar-refractivity contribution < 1.29 is 18.9 Å². The van der Waals surface area contributed by atoms with E-state index in [0.717, 1.165) is 4.90 Å². The number of aromatic nitrogens is 1. The zero-order valence-corrected chi connectivity index (χ0v) is 17.6. The summed E-state index contributed by atoms with van der Waals surface area (Å²) in [5.74, 6) is 0.744. The Balaban J connectivity index is 1.31. The third-order valence-corrected chi connectivity index (χ3v) is 6.26. The summed E-state index contributed by atoms with van der Waals surface area (Å²) in [4.78, 5) is 41.7. The van der Waals surface area contributed by atoms with E-state index in [9.17, 15) is 14.4 Å². The summed E-state index contributed by atoms with van der Waals surface area (Å²) >= 11 is 1.49. The van der Waals surface area contributed by atoms with Crippen LogP contribution in [-0.4, -0.2) is 70.7 Å². The van der Waals surface area contributed by atoms with Crippen molar-refractivity contribution in [3.05, 3.63) is 35.6 Å². The number of nitrogens with one attached hydrogen (secondary N) is 2. The molecule has 3 heterocycles. The number of aryl methyl sites for hydroxylation is 1. The van der Waals surface area contributed by atoms with Gasteiger partial charge in [0.2, 0.25) is 11.8 Å². The van der Waals surface area contributed by atoms with Crippen LogP contribution >= 0.6 is 11.8 Å². The fraction of sp³-hybridized carbons (Fsp3) is 0.400. The molecule has 1 fully saturated rings. The Morgan fingerprint density at radius 2 is 2.03 bits per heavy atom. The van der Waals surface area contributed by atoms with Crippen molar-refractivity contribution in [2.45, 2.75) is 24.0 Å². The number of amides is 3. The predicted octanol–water partition coefficient (Wildman–Crippen LogP) is 1.81. The third-order valence-electron chi connectivity index (χ3n) is 5.08. The highest BCUT2D eigenvalue weighted by Crippen LogP contribution is 2.36. The van der Waals surface area contributed by atoms with Gasteiger partial charge in [0, 0.05) is 42.7 Å². The van der Waals surface area contributed by atoms with Crippen LogP contribution in [0.15, 0.2) is 33.7 Å². The van der Waals surface area contributed by atoms with E-state index in [4.69, 9.17) is 4.52 Å². The van der Waals surface area contributed by atoms with Crippen LogP contribution in [0.25, 0.3) is 0 Å². The Hall–Kier alpha value is -2.85. The van der Waals surface area contributed by atoms with E-state index in [-0.39, 0.29) is 29.5 Å². The highest BCUT2D eigenvalue weighted by Gasteiger charge is 2.27. The third kappa shape index (κ3) is 4.49. The minimum atomic E-state index is -0.166. The van der Waals surface area contributed by atoms with Crippen molar-refractivity contribution >= 4 is 41.0 Å². The number of hydrogen-bond acceptors (Lipinski definition) is 7. The van der Waals surface area contributed by atoms with Crippen LogP contribution in [0.2, 0.25) is 0 Å². The lowest BCUT2D eigenvalue weighted by atomic mass is 10.1. The first-order valence-electron chi connectivity index (χ1n) is 9.75. The normalized spacial score (nSPS) is 19.2. The van der Waals surface area contributed by atoms with E-state index in [1.54, 1.807) is 30.0 Å². The average Bonchev–Trinajstić information content (AvgIpc) is 3.13. The maximum atomic E-state index is 12.9. The number of fused-ring (bicyclic) bond motifs is 1. The van der Waals surface area contributed by atoms with Crippen LogP contribution in [0.4, 0.5) is 11.5 Å². The summed E-state index contributed by atoms with van der Waals surface area (Å²) in [6.07, 6.45) is 0. The van der Waals surface area contributed by atoms with Gasteiger partial charge in [0.1, 0.15) is 5.76 Å². The molecule has 3 amide bonds. The van der Waals surface area contributed by atoms with Gasteiger partial charge in [-0.25, -0.2) is 0 Å². The number of rotatable bonds is 4. The van der Waals surface area contributed by atoms with E-state index < -0.39 is 0 Å². The van der Waals surface area contributed by atoms with Gasteiger partial charge in [0.15, 0.2) is 5.82 Å². The predicted molar refractivity (Wildman–Crippen MR) is 113 cm³/mol. The number of hydrogen-bond donors (Lipinski definition) is 2. The molecule has 2 aliphatic rings. The number of nitrogens with zero attached hydrogens (tertiary/aromatic N) is 3. The monoisotopic (exact) mass is 429 g/mol. The number of benzene rings is 1. The lowest BCUT2D eigenvalue weighted by Crippen LogP contribution is -2.50. The van der Waals surface area contributed by atoms with Gasteiger partial charge in [-0.1, -0.05) is 5.16 Å². The van der Waals surface area contributed by atoms with Crippen LogP contribution in [-0.2, 0) is 9.59 Å². The second-order valence-electron chi connectivity index (χ2n) is 7.40. The van der Waals surface area contributed by atoms with E-state index >= 15 is 0 Å². The lowest BCUT2D eigenvalue weighted by molar-refractivity contribution is -0.117. The van der Waals surface area contributed by atoms with Gasteiger partial charge in [-0.2, -0.15) is 0 Å². The highest BCUT2D eigenvalue weighted by atomic mass is 32.2. The van der Waals surface area contributed by atoms with Crippen LogP contribution in [0.5, 0.6) is 0 Å². The lowest BCUT2D eigenvalue weighted by Gasteiger charge is -2.34. The second kappa shape index (κ2) is 8.49. The summed E-state index contributed by atoms with van der Waals surface area (Å²) in [6, 6.07) is 7.09. The first-order valence-corrected chi connectivity index (χ1v) is 10.6. The Bertz CT molecular complexity index is 983. The summed E-state index contributed by atoms with van der Waals surface area (Å²) in [7, 11) is 0. The van der Waals surface area contributed by atoms with Gasteiger partial charge in [0.05, 0.1) is 17.5 Å². The molecule has 1 saturated heterocycles. The molecule has 1 aromatic carbocycles. The minimum Gasteiger partial charge on any atom is -0.360 e. The largest absolute Gasteiger partial charge is 0.360 e. The molecule has 2 N–H and O–H groups in total. The number of carbonyl (C=O) groups is 3. The molecule has 1 atom stereocenters. The standard InChI is InChI=1S/C20H23N5O4S/c1-12-9-17(23-29-12)22-18(26)11-24-5-7-25(8-6-24)20(28)14-3-4-16-15(10-14)21-19(27)13(2)30-16/h3-4,9-10,13H,5-8,11H2,1-2H3,(H,21,27)(H,22,23,26). The van der Waals surface area contributed by atoms with E-state index in [2.05, 4.69) is 15.8 Å². The molecular formula is C20H23N5O4S. The van der Waals surface area contributed by atoms with Gasteiger partial charge < -0.3 is 20.1 Å². The van der Waals surface area contributed by atoms with E-state index in [1.165, 1.54) is 11.8 Å². The van der Waals surface area contributed by atoms with Crippen molar-refractivity contribution in [3.8, 4) is 0 Å². The Kier molecular flexibility index (Phi) is 5.78. The molecule has 9 nitrogen and oxygen atoms in total. The van der Waals surface area contributed by atoms with Crippen LogP contribution in [0.3, 0.4) is 0 Å². The van der Waals surface area contributed by atoms with Gasteiger partial charge in [-0.3, -0.25) is 19.3 Å². The number of anilines is 2. The molecule has 0 bridgehead atoms. The van der Waals surface area contributed by atoms with Crippen molar-refractivity contribution in [1.29, 1.82) is 0 Å². The topological polar surface area (TPSA) is 108 Å². The fourth-order valence-corrected chi connectivity index (χ4v) is 4.37. The van der Waals surface area contributed by atoms with E-state index in [1.807, 2.05) is 17.9 Å². The summed E-state index contributed by atoms with van der Waals surface area (Å²) < 4.78 is 4.94. The van der Waals surface area contributed by atoms with Crippen LogP contribution in [0.1, 0.15) is 23.0 Å². The minimum absolute atomic E-state index is 0.0511. The fourth-order valence-electron chi connectivity index (χ4n) is 3.44. The first kappa shape index (κ1) is 20.4. The highest BCUT2D eigenvalue weighted by molar-refractivity contribution is 8.00. The van der Waals surface area contributed by atoms with Crippen molar-refractivity contribution in [1.82, 2.24) is 15.0 Å². The smallest absolute Gasteiger partial charge is 0.254 e. The molecule has 0 radical (unpaired) electrons. The van der Waals surface area contributed by atoms with Crippen molar-refractivity contribution in [2.24, 2.45) is 0 Å². The van der Waals surface area contributed by atoms with Crippen LogP contribution in [0, 0.1) is 6.92 Å². The molecule has 0 spiro atoms. The molecule has 2 aliphatic heterocycles. The van der Waals surface area contributed by atoms with Gasteiger partial charge in [-0.15, -0.1) is 11.8 Å². The first-order chi connectivity index (χ1) is 14.4. The molecule has 1 aromatic heterocycles. The summed E-state index contributed by atoms with van der Waals surface area (Å²) in [6.45, 7) is 6.12. The Morgan fingerprint density at radius 3 is 2.73 bits per heavy atom. The molecule has 2 aromatic rings. The SMILES string of the molecule is Cc1cc(NC(=O)CN2CCN(C(=O)c3ccc4c(c3)NC(=O)C(C)S4)CC2)no1. The molecule has 1 unspecified atom stereocenters. The Labute approximate surface area is 178 Å². The maximum Gasteiger partial charge on any atom is 0.254 e. The summed E-state index contributed by atoms with van der Waals surface area (Å²) in [5, 5.41) is 9.18. The van der Waals surface area contributed by atoms with Crippen molar-refractivity contribution in [3.63, 3.8) is 0 Å². The second-order valence-corrected chi connectivity index (χ2v) is 8.78. The molecule has 0 saturated carbocycles.